The van der Waals surface area contributed by atoms with E-state index in [1.165, 1.54) is 7.11 Å². The quantitative estimate of drug-likeness (QED) is 0.457. The molecule has 0 aliphatic carbocycles. The minimum Gasteiger partial charge on any atom is -0.494 e. The van der Waals surface area contributed by atoms with E-state index >= 15 is 0 Å². The van der Waals surface area contributed by atoms with E-state index in [2.05, 4.69) is 4.74 Å². The summed E-state index contributed by atoms with van der Waals surface area (Å²) in [7, 11) is 1.02. The van der Waals surface area contributed by atoms with Crippen molar-refractivity contribution < 1.29 is 23.6 Å². The monoisotopic (exact) mass is 320 g/mol. The summed E-state index contributed by atoms with van der Waals surface area (Å²) in [5.74, 6) is 0.542. The molecule has 0 aromatic heterocycles. The molecule has 1 aliphatic heterocycles. The Bertz CT molecular complexity index is 522. The zero-order valence-electron chi connectivity index (χ0n) is 14.5. The maximum Gasteiger partial charge on any atom is 0.494 e. The average molecular weight is 320 g/mol. The average Bonchev–Trinajstić information content (AvgIpc) is 2.72. The molecule has 1 aromatic carbocycles. The number of methoxy groups -OCH3 is 1. The van der Waals surface area contributed by atoms with E-state index in [-0.39, 0.29) is 24.3 Å². The van der Waals surface area contributed by atoms with Crippen LogP contribution in [0.15, 0.2) is 24.3 Å². The number of ether oxygens (including phenoxy) is 2. The maximum atomic E-state index is 11.0. The van der Waals surface area contributed by atoms with Gasteiger partial charge in [-0.3, -0.25) is 4.79 Å². The molecule has 0 radical (unpaired) electrons. The first-order chi connectivity index (χ1) is 10.7. The van der Waals surface area contributed by atoms with Crippen molar-refractivity contribution in [1.82, 2.24) is 0 Å². The molecule has 0 amide bonds. The number of hydrogen-bond donors (Lipinski definition) is 0. The largest absolute Gasteiger partial charge is 0.494 e. The van der Waals surface area contributed by atoms with Crippen molar-refractivity contribution in [1.29, 1.82) is 0 Å². The molecular formula is C17H25BO5. The Labute approximate surface area is 138 Å². The molecule has 1 aliphatic rings. The second-order valence-corrected chi connectivity index (χ2v) is 6.69. The molecule has 23 heavy (non-hydrogen) atoms. The molecular weight excluding hydrogens is 295 g/mol. The molecule has 126 valence electrons. The van der Waals surface area contributed by atoms with Gasteiger partial charge in [-0.15, -0.1) is 0 Å². The van der Waals surface area contributed by atoms with Crippen molar-refractivity contribution in [3.8, 4) is 5.75 Å². The molecule has 0 spiro atoms. The third-order valence-corrected chi connectivity index (χ3v) is 4.43. The first-order valence-electron chi connectivity index (χ1n) is 7.90. The zero-order chi connectivity index (χ0) is 17.1. The Kier molecular flexibility index (Phi) is 5.37. The Balaban J connectivity index is 1.87. The zero-order valence-corrected chi connectivity index (χ0v) is 14.5. The highest BCUT2D eigenvalue weighted by molar-refractivity contribution is 6.62. The van der Waals surface area contributed by atoms with Gasteiger partial charge in [0.1, 0.15) is 5.75 Å². The topological polar surface area (TPSA) is 54.0 Å². The van der Waals surface area contributed by atoms with E-state index in [0.29, 0.717) is 19.4 Å². The highest BCUT2D eigenvalue weighted by Crippen LogP contribution is 2.36. The number of carbonyl (C=O) groups is 1. The molecule has 0 bridgehead atoms. The lowest BCUT2D eigenvalue weighted by Gasteiger charge is -2.32. The molecule has 2 rings (SSSR count). The fourth-order valence-electron chi connectivity index (χ4n) is 2.21. The molecule has 1 heterocycles. The predicted octanol–water partition coefficient (Wildman–Crippen LogP) is 2.32. The van der Waals surface area contributed by atoms with Crippen LogP contribution in [0.25, 0.3) is 0 Å². The maximum absolute atomic E-state index is 11.0. The van der Waals surface area contributed by atoms with Gasteiger partial charge in [0.05, 0.1) is 24.9 Å². The van der Waals surface area contributed by atoms with Crippen molar-refractivity contribution in [3.63, 3.8) is 0 Å². The van der Waals surface area contributed by atoms with Gasteiger partial charge in [-0.1, -0.05) is 12.1 Å². The minimum absolute atomic E-state index is 0.218. The van der Waals surface area contributed by atoms with Gasteiger partial charge in [0, 0.05) is 6.42 Å². The van der Waals surface area contributed by atoms with Crippen LogP contribution in [-0.4, -0.2) is 38.0 Å². The minimum atomic E-state index is -0.367. The number of hydrogen-bond acceptors (Lipinski definition) is 5. The van der Waals surface area contributed by atoms with Crippen LogP contribution in [0.2, 0.25) is 0 Å². The van der Waals surface area contributed by atoms with Crippen LogP contribution in [0.3, 0.4) is 0 Å². The van der Waals surface area contributed by atoms with Gasteiger partial charge in [-0.2, -0.15) is 0 Å². The van der Waals surface area contributed by atoms with Gasteiger partial charge in [0.2, 0.25) is 0 Å². The number of carbonyl (C=O) groups excluding carboxylic acids is 1. The standard InChI is InChI=1S/C17H25BO5/c1-16(2)17(3,4)23-18(22-16)13-8-10-14(11-9-13)21-12-6-7-15(19)20-5/h8-11H,6-7,12H2,1-5H3. The van der Waals surface area contributed by atoms with Crippen molar-refractivity contribution in [3.05, 3.63) is 24.3 Å². The smallest absolute Gasteiger partial charge is 0.494 e. The van der Waals surface area contributed by atoms with Crippen LogP contribution in [0.1, 0.15) is 40.5 Å². The van der Waals surface area contributed by atoms with Gasteiger partial charge >= 0.3 is 13.1 Å². The van der Waals surface area contributed by atoms with E-state index < -0.39 is 0 Å². The van der Waals surface area contributed by atoms with Crippen molar-refractivity contribution in [2.24, 2.45) is 0 Å². The lowest BCUT2D eigenvalue weighted by molar-refractivity contribution is -0.140. The summed E-state index contributed by atoms with van der Waals surface area (Å²) in [6.07, 6.45) is 0.994. The fourth-order valence-corrected chi connectivity index (χ4v) is 2.21. The van der Waals surface area contributed by atoms with Crippen LogP contribution in [0.4, 0.5) is 0 Å². The molecule has 0 atom stereocenters. The molecule has 0 N–H and O–H groups in total. The van der Waals surface area contributed by atoms with Crippen LogP contribution in [-0.2, 0) is 18.8 Å². The summed E-state index contributed by atoms with van der Waals surface area (Å²) in [5, 5.41) is 0. The number of rotatable bonds is 6. The summed E-state index contributed by atoms with van der Waals surface area (Å²) < 4.78 is 22.2. The van der Waals surface area contributed by atoms with Gasteiger partial charge < -0.3 is 18.8 Å². The van der Waals surface area contributed by atoms with Crippen molar-refractivity contribution >= 4 is 18.6 Å². The predicted molar refractivity (Wildman–Crippen MR) is 88.9 cm³/mol. The Hall–Kier alpha value is -1.53. The highest BCUT2D eigenvalue weighted by atomic mass is 16.7. The van der Waals surface area contributed by atoms with E-state index in [1.807, 2.05) is 52.0 Å². The number of benzene rings is 1. The molecule has 0 saturated carbocycles. The Morgan fingerprint density at radius 1 is 1.09 bits per heavy atom. The first kappa shape index (κ1) is 17.8. The highest BCUT2D eigenvalue weighted by Gasteiger charge is 2.51. The molecule has 6 heteroatoms. The Morgan fingerprint density at radius 3 is 2.17 bits per heavy atom. The van der Waals surface area contributed by atoms with E-state index in [9.17, 15) is 4.79 Å². The van der Waals surface area contributed by atoms with E-state index in [1.54, 1.807) is 0 Å². The first-order valence-corrected chi connectivity index (χ1v) is 7.90. The summed E-state index contributed by atoms with van der Waals surface area (Å²) in [4.78, 5) is 11.0. The SMILES string of the molecule is COC(=O)CCCOc1ccc(B2OC(C)(C)C(C)(C)O2)cc1. The van der Waals surface area contributed by atoms with Crippen LogP contribution >= 0.6 is 0 Å². The summed E-state index contributed by atoms with van der Waals surface area (Å²) in [6, 6.07) is 7.66. The molecule has 1 saturated heterocycles. The van der Waals surface area contributed by atoms with E-state index in [4.69, 9.17) is 14.0 Å². The van der Waals surface area contributed by atoms with Gasteiger partial charge in [-0.25, -0.2) is 0 Å². The lowest BCUT2D eigenvalue weighted by atomic mass is 9.79. The molecule has 0 unspecified atom stereocenters. The second-order valence-electron chi connectivity index (χ2n) is 6.69. The normalized spacial score (nSPS) is 18.7. The lowest BCUT2D eigenvalue weighted by Crippen LogP contribution is -2.41. The van der Waals surface area contributed by atoms with Gasteiger partial charge in [0.25, 0.3) is 0 Å². The second kappa shape index (κ2) is 6.93. The fraction of sp³-hybridized carbons (Fsp3) is 0.588. The van der Waals surface area contributed by atoms with Crippen LogP contribution < -0.4 is 10.2 Å². The van der Waals surface area contributed by atoms with Crippen molar-refractivity contribution in [2.75, 3.05) is 13.7 Å². The molecule has 5 nitrogen and oxygen atoms in total. The third kappa shape index (κ3) is 4.27. The molecule has 1 aromatic rings. The van der Waals surface area contributed by atoms with Gasteiger partial charge in [0.15, 0.2) is 0 Å². The van der Waals surface area contributed by atoms with Crippen LogP contribution in [0.5, 0.6) is 5.75 Å². The number of esters is 1. The van der Waals surface area contributed by atoms with Gasteiger partial charge in [-0.05, 0) is 51.7 Å². The van der Waals surface area contributed by atoms with Crippen LogP contribution in [0, 0.1) is 0 Å². The Morgan fingerprint density at radius 2 is 1.65 bits per heavy atom. The summed E-state index contributed by atoms with van der Waals surface area (Å²) in [5.41, 5.74) is 0.270. The summed E-state index contributed by atoms with van der Waals surface area (Å²) >= 11 is 0. The van der Waals surface area contributed by atoms with Crippen molar-refractivity contribution in [2.45, 2.75) is 51.7 Å². The molecule has 1 fully saturated rings. The third-order valence-electron chi connectivity index (χ3n) is 4.43. The van der Waals surface area contributed by atoms with E-state index in [0.717, 1.165) is 11.2 Å². The summed E-state index contributed by atoms with van der Waals surface area (Å²) in [6.45, 7) is 8.61.